The van der Waals surface area contributed by atoms with Gasteiger partial charge in [0.1, 0.15) is 11.5 Å². The highest BCUT2D eigenvalue weighted by Gasteiger charge is 2.33. The van der Waals surface area contributed by atoms with Gasteiger partial charge in [0.2, 0.25) is 5.89 Å². The Balaban J connectivity index is 2.08. The van der Waals surface area contributed by atoms with Crippen molar-refractivity contribution in [2.24, 2.45) is 0 Å². The zero-order chi connectivity index (χ0) is 11.9. The summed E-state index contributed by atoms with van der Waals surface area (Å²) in [6.45, 7) is 6.00. The van der Waals surface area contributed by atoms with Crippen LogP contribution in [-0.4, -0.2) is 16.5 Å². The third-order valence-corrected chi connectivity index (χ3v) is 3.06. The molecule has 1 aliphatic rings. The molecule has 0 amide bonds. The normalized spacial score (nSPS) is 17.8. The lowest BCUT2D eigenvalue weighted by Gasteiger charge is -2.27. The maximum absolute atomic E-state index is 5.89. The number of hydrogen-bond acceptors (Lipinski definition) is 4. The predicted molar refractivity (Wildman–Crippen MR) is 64.5 cm³/mol. The summed E-state index contributed by atoms with van der Waals surface area (Å²) >= 11 is 0. The van der Waals surface area contributed by atoms with Gasteiger partial charge in [0.05, 0.1) is 5.69 Å². The number of hydrogen-bond donors (Lipinski definition) is 1. The molecule has 3 heterocycles. The first-order valence-electron chi connectivity index (χ1n) is 5.79. The van der Waals surface area contributed by atoms with Crippen LogP contribution < -0.4 is 5.32 Å². The third kappa shape index (κ3) is 1.74. The highest BCUT2D eigenvalue weighted by atomic mass is 16.4. The topological polar surface area (TPSA) is 51.0 Å². The van der Waals surface area contributed by atoms with Crippen LogP contribution >= 0.6 is 0 Å². The first kappa shape index (κ1) is 10.5. The number of nitrogens with one attached hydrogen (secondary N) is 1. The summed E-state index contributed by atoms with van der Waals surface area (Å²) in [5, 5.41) is 3.35. The Hall–Kier alpha value is -1.68. The van der Waals surface area contributed by atoms with E-state index < -0.39 is 0 Å². The molecule has 0 unspecified atom stereocenters. The minimum atomic E-state index is -0.00634. The minimum absolute atomic E-state index is 0.00634. The molecular formula is C13H15N3O. The van der Waals surface area contributed by atoms with Crippen molar-refractivity contribution < 1.29 is 4.42 Å². The third-order valence-electron chi connectivity index (χ3n) is 3.06. The van der Waals surface area contributed by atoms with E-state index in [2.05, 4.69) is 29.1 Å². The van der Waals surface area contributed by atoms with Crippen molar-refractivity contribution in [2.75, 3.05) is 6.54 Å². The van der Waals surface area contributed by atoms with Crippen molar-refractivity contribution in [3.63, 3.8) is 0 Å². The van der Waals surface area contributed by atoms with Crippen LogP contribution in [-0.2, 0) is 12.0 Å². The molecule has 0 radical (unpaired) electrons. The average molecular weight is 229 g/mol. The predicted octanol–water partition coefficient (Wildman–Crippen LogP) is 2.12. The maximum Gasteiger partial charge on any atom is 0.245 e. The summed E-state index contributed by atoms with van der Waals surface area (Å²) in [6, 6.07) is 5.74. The quantitative estimate of drug-likeness (QED) is 0.813. The highest BCUT2D eigenvalue weighted by Crippen LogP contribution is 2.32. The van der Waals surface area contributed by atoms with E-state index in [1.165, 1.54) is 0 Å². The number of rotatable bonds is 1. The van der Waals surface area contributed by atoms with E-state index in [1.54, 1.807) is 6.20 Å². The highest BCUT2D eigenvalue weighted by molar-refractivity contribution is 5.48. The largest absolute Gasteiger partial charge is 0.439 e. The molecule has 4 heteroatoms. The van der Waals surface area contributed by atoms with E-state index in [1.807, 2.05) is 18.2 Å². The Morgan fingerprint density at radius 2 is 2.24 bits per heavy atom. The Bertz CT molecular complexity index is 531. The Kier molecular flexibility index (Phi) is 2.26. The molecule has 1 aliphatic heterocycles. The van der Waals surface area contributed by atoms with Crippen molar-refractivity contribution in [1.82, 2.24) is 15.3 Å². The molecule has 0 fully saturated rings. The van der Waals surface area contributed by atoms with Crippen LogP contribution in [0.15, 0.2) is 28.8 Å². The second-order valence-electron chi connectivity index (χ2n) is 5.00. The summed E-state index contributed by atoms with van der Waals surface area (Å²) in [5.41, 5.74) is 1.78. The van der Waals surface area contributed by atoms with Crippen LogP contribution in [0.25, 0.3) is 11.6 Å². The van der Waals surface area contributed by atoms with E-state index in [9.17, 15) is 0 Å². The van der Waals surface area contributed by atoms with Gasteiger partial charge in [-0.05, 0) is 12.1 Å². The number of fused-ring (bicyclic) bond motifs is 1. The Labute approximate surface area is 100 Å². The molecule has 88 valence electrons. The molecule has 0 aliphatic carbocycles. The van der Waals surface area contributed by atoms with Crippen LogP contribution in [0.4, 0.5) is 0 Å². The molecule has 0 bridgehead atoms. The molecule has 1 N–H and O–H groups in total. The number of aromatic nitrogens is 2. The van der Waals surface area contributed by atoms with Crippen molar-refractivity contribution in [1.29, 1.82) is 0 Å². The lowest BCUT2D eigenvalue weighted by atomic mass is 9.86. The van der Waals surface area contributed by atoms with Gasteiger partial charge in [-0.2, -0.15) is 0 Å². The van der Waals surface area contributed by atoms with Crippen molar-refractivity contribution in [3.05, 3.63) is 35.9 Å². The van der Waals surface area contributed by atoms with Crippen LogP contribution in [0.5, 0.6) is 0 Å². The lowest BCUT2D eigenvalue weighted by Crippen LogP contribution is -2.38. The molecule has 0 atom stereocenters. The molecule has 3 rings (SSSR count). The smallest absolute Gasteiger partial charge is 0.245 e. The monoisotopic (exact) mass is 229 g/mol. The molecule has 2 aromatic heterocycles. The van der Waals surface area contributed by atoms with Gasteiger partial charge in [-0.25, -0.2) is 4.98 Å². The Morgan fingerprint density at radius 3 is 2.94 bits per heavy atom. The molecule has 0 aromatic carbocycles. The summed E-state index contributed by atoms with van der Waals surface area (Å²) in [7, 11) is 0. The first-order valence-corrected chi connectivity index (χ1v) is 5.79. The van der Waals surface area contributed by atoms with E-state index in [-0.39, 0.29) is 5.41 Å². The molecular weight excluding hydrogens is 214 g/mol. The summed E-state index contributed by atoms with van der Waals surface area (Å²) in [4.78, 5) is 8.79. The summed E-state index contributed by atoms with van der Waals surface area (Å²) < 4.78 is 5.89. The standard InChI is InChI=1S/C13H15N3O/c1-13(2)8-14-7-10-11(13)17-12(16-10)9-5-3-4-6-15-9/h3-6,14H,7-8H2,1-2H3. The molecule has 0 saturated carbocycles. The van der Waals surface area contributed by atoms with Crippen LogP contribution in [0.2, 0.25) is 0 Å². The second-order valence-corrected chi connectivity index (χ2v) is 5.00. The molecule has 2 aromatic rings. The zero-order valence-corrected chi connectivity index (χ0v) is 10.0. The number of nitrogens with zero attached hydrogens (tertiary/aromatic N) is 2. The summed E-state index contributed by atoms with van der Waals surface area (Å²) in [5.74, 6) is 1.60. The molecule has 0 spiro atoms. The van der Waals surface area contributed by atoms with Gasteiger partial charge in [0.15, 0.2) is 0 Å². The minimum Gasteiger partial charge on any atom is -0.439 e. The SMILES string of the molecule is CC1(C)CNCc2nc(-c3ccccn3)oc21. The maximum atomic E-state index is 5.89. The van der Waals surface area contributed by atoms with Crippen molar-refractivity contribution >= 4 is 0 Å². The Morgan fingerprint density at radius 1 is 1.35 bits per heavy atom. The van der Waals surface area contributed by atoms with E-state index in [4.69, 9.17) is 4.42 Å². The lowest BCUT2D eigenvalue weighted by molar-refractivity contribution is 0.343. The van der Waals surface area contributed by atoms with Crippen molar-refractivity contribution in [2.45, 2.75) is 25.8 Å². The van der Waals surface area contributed by atoms with E-state index in [0.29, 0.717) is 5.89 Å². The average Bonchev–Trinajstić information content (AvgIpc) is 2.75. The van der Waals surface area contributed by atoms with Gasteiger partial charge in [-0.1, -0.05) is 19.9 Å². The fourth-order valence-electron chi connectivity index (χ4n) is 2.17. The molecule has 4 nitrogen and oxygen atoms in total. The fraction of sp³-hybridized carbons (Fsp3) is 0.385. The van der Waals surface area contributed by atoms with Gasteiger partial charge in [0.25, 0.3) is 0 Å². The van der Waals surface area contributed by atoms with Crippen LogP contribution in [0.1, 0.15) is 25.3 Å². The molecule has 0 saturated heterocycles. The van der Waals surface area contributed by atoms with E-state index in [0.717, 1.165) is 30.2 Å². The number of pyridine rings is 1. The summed E-state index contributed by atoms with van der Waals surface area (Å²) in [6.07, 6.45) is 1.75. The molecule has 17 heavy (non-hydrogen) atoms. The van der Waals surface area contributed by atoms with Crippen molar-refractivity contribution in [3.8, 4) is 11.6 Å². The van der Waals surface area contributed by atoms with Gasteiger partial charge in [-0.15, -0.1) is 0 Å². The fourth-order valence-corrected chi connectivity index (χ4v) is 2.17. The van der Waals surface area contributed by atoms with Crippen LogP contribution in [0, 0.1) is 0 Å². The van der Waals surface area contributed by atoms with Gasteiger partial charge >= 0.3 is 0 Å². The van der Waals surface area contributed by atoms with E-state index >= 15 is 0 Å². The second kappa shape index (κ2) is 3.67. The van der Waals surface area contributed by atoms with Gasteiger partial charge in [0, 0.05) is 24.7 Å². The van der Waals surface area contributed by atoms with Gasteiger partial charge in [-0.3, -0.25) is 4.98 Å². The zero-order valence-electron chi connectivity index (χ0n) is 10.0. The number of oxazole rings is 1. The first-order chi connectivity index (χ1) is 8.17. The van der Waals surface area contributed by atoms with Gasteiger partial charge < -0.3 is 9.73 Å². The van der Waals surface area contributed by atoms with Crippen LogP contribution in [0.3, 0.4) is 0 Å².